The Balaban J connectivity index is 1.53. The van der Waals surface area contributed by atoms with E-state index >= 15 is 0 Å². The zero-order valence-electron chi connectivity index (χ0n) is 26.9. The van der Waals surface area contributed by atoms with Gasteiger partial charge < -0.3 is 24.8 Å². The minimum atomic E-state index is -0.513. The van der Waals surface area contributed by atoms with Crippen LogP contribution in [0, 0.1) is 0 Å². The van der Waals surface area contributed by atoms with E-state index in [1.165, 1.54) is 0 Å². The molecule has 0 spiro atoms. The molecule has 1 aliphatic rings. The first-order chi connectivity index (χ1) is 21.7. The molecule has 1 aliphatic heterocycles. The number of anilines is 2. The Morgan fingerprint density at radius 1 is 1.09 bits per heavy atom. The second-order valence-corrected chi connectivity index (χ2v) is 12.5. The summed E-state index contributed by atoms with van der Waals surface area (Å²) in [4.78, 5) is 32.6. The molecule has 2 amide bonds. The molecule has 2 N–H and O–H groups in total. The van der Waals surface area contributed by atoms with Gasteiger partial charge in [0.25, 0.3) is 5.56 Å². The van der Waals surface area contributed by atoms with Crippen molar-refractivity contribution in [1.82, 2.24) is 9.55 Å². The maximum Gasteiger partial charge on any atom is 0.323 e. The number of methoxy groups -OCH3 is 1. The number of urea groups is 1. The van der Waals surface area contributed by atoms with Gasteiger partial charge in [0.15, 0.2) is 6.29 Å². The zero-order chi connectivity index (χ0) is 32.0. The lowest BCUT2D eigenvalue weighted by molar-refractivity contribution is -0.168. The summed E-state index contributed by atoms with van der Waals surface area (Å²) >= 11 is 0. The number of carbonyl (C=O) groups excluding carboxylic acids is 1. The third-order valence-corrected chi connectivity index (χ3v) is 8.07. The first-order valence-corrected chi connectivity index (χ1v) is 15.8. The molecule has 3 heterocycles. The van der Waals surface area contributed by atoms with E-state index in [0.29, 0.717) is 42.4 Å². The quantitative estimate of drug-likeness (QED) is 0.189. The Bertz CT molecular complexity index is 1700. The Kier molecular flexibility index (Phi) is 10.2. The highest BCUT2D eigenvalue weighted by Crippen LogP contribution is 2.35. The van der Waals surface area contributed by atoms with Crippen LogP contribution in [0.3, 0.4) is 0 Å². The van der Waals surface area contributed by atoms with E-state index in [4.69, 9.17) is 14.2 Å². The van der Waals surface area contributed by atoms with Gasteiger partial charge in [-0.25, -0.2) is 9.78 Å². The van der Waals surface area contributed by atoms with Crippen LogP contribution in [0.2, 0.25) is 0 Å². The molecule has 1 atom stereocenters. The van der Waals surface area contributed by atoms with Gasteiger partial charge in [0, 0.05) is 36.0 Å². The number of aromatic nitrogens is 2. The average Bonchev–Trinajstić information content (AvgIpc) is 3.04. The Labute approximate surface area is 264 Å². The molecule has 0 radical (unpaired) electrons. The largest absolute Gasteiger partial charge is 0.497 e. The van der Waals surface area contributed by atoms with Gasteiger partial charge in [0.2, 0.25) is 0 Å². The number of nitrogens with one attached hydrogen (secondary N) is 2. The molecule has 2 aromatic carbocycles. The van der Waals surface area contributed by atoms with Crippen molar-refractivity contribution in [3.63, 3.8) is 0 Å². The average molecular weight is 613 g/mol. The van der Waals surface area contributed by atoms with Crippen LogP contribution in [0.25, 0.3) is 22.2 Å². The molecule has 0 aliphatic carbocycles. The summed E-state index contributed by atoms with van der Waals surface area (Å²) in [6.45, 7) is 9.93. The fourth-order valence-corrected chi connectivity index (χ4v) is 5.74. The van der Waals surface area contributed by atoms with E-state index in [1.807, 2.05) is 54.6 Å². The molecule has 0 saturated carbocycles. The second-order valence-electron chi connectivity index (χ2n) is 12.5. The van der Waals surface area contributed by atoms with Gasteiger partial charge >= 0.3 is 6.03 Å². The third kappa shape index (κ3) is 7.54. The van der Waals surface area contributed by atoms with E-state index in [-0.39, 0.29) is 23.0 Å². The Morgan fingerprint density at radius 2 is 1.93 bits per heavy atom. The van der Waals surface area contributed by atoms with Gasteiger partial charge in [-0.15, -0.1) is 0 Å². The number of benzene rings is 2. The summed E-state index contributed by atoms with van der Waals surface area (Å²) in [5.41, 5.74) is 4.07. The van der Waals surface area contributed by atoms with Crippen molar-refractivity contribution in [2.24, 2.45) is 0 Å². The van der Waals surface area contributed by atoms with Gasteiger partial charge in [0.1, 0.15) is 17.1 Å². The van der Waals surface area contributed by atoms with Crippen LogP contribution in [0.5, 0.6) is 5.75 Å². The maximum atomic E-state index is 14.2. The summed E-state index contributed by atoms with van der Waals surface area (Å²) in [6.07, 6.45) is 6.19. The number of fused-ring (bicyclic) bond motifs is 1. The molecule has 2 aromatic heterocycles. The summed E-state index contributed by atoms with van der Waals surface area (Å²) < 4.78 is 18.9. The van der Waals surface area contributed by atoms with Gasteiger partial charge in [-0.3, -0.25) is 9.36 Å². The summed E-state index contributed by atoms with van der Waals surface area (Å²) in [6, 6.07) is 16.7. The van der Waals surface area contributed by atoms with Crippen molar-refractivity contribution in [3.8, 4) is 16.9 Å². The molecular weight excluding hydrogens is 568 g/mol. The highest BCUT2D eigenvalue weighted by molar-refractivity contribution is 6.07. The lowest BCUT2D eigenvalue weighted by Crippen LogP contribution is -2.30. The molecule has 1 unspecified atom stereocenters. The molecule has 238 valence electrons. The summed E-state index contributed by atoms with van der Waals surface area (Å²) in [5, 5.41) is 6.77. The molecular formula is C36H44N4O5. The fraction of sp³-hybridized carbons (Fsp3) is 0.417. The number of pyridine rings is 2. The van der Waals surface area contributed by atoms with Crippen LogP contribution in [0.4, 0.5) is 16.2 Å². The standard InChI is InChI=1S/C36H44N4O5/c1-6-7-19-40-33-27(14-11-18-37-33)31(25-12-10-13-26(22-25)43-5)32(34(40)41)39-35(42)38-29-21-24(16-17-28(29)36(2,3)4)23-45-30-15-8-9-20-44-30/h10-14,16-18,21-22,30H,6-9,15,19-20,23H2,1-5H3,(H2,38,39,42). The molecule has 1 fully saturated rings. The number of hydrogen-bond donors (Lipinski definition) is 2. The van der Waals surface area contributed by atoms with Crippen molar-refractivity contribution in [3.05, 3.63) is 82.3 Å². The number of unbranched alkanes of at least 4 members (excludes halogenated alkanes) is 1. The van der Waals surface area contributed by atoms with E-state index in [2.05, 4.69) is 43.3 Å². The third-order valence-electron chi connectivity index (χ3n) is 8.07. The maximum absolute atomic E-state index is 14.2. The van der Waals surface area contributed by atoms with Crippen molar-refractivity contribution < 1.29 is 19.0 Å². The number of ether oxygens (including phenoxy) is 3. The number of nitrogens with zero attached hydrogens (tertiary/aromatic N) is 2. The smallest absolute Gasteiger partial charge is 0.323 e. The van der Waals surface area contributed by atoms with Crippen molar-refractivity contribution in [1.29, 1.82) is 0 Å². The number of amides is 2. The van der Waals surface area contributed by atoms with E-state index in [9.17, 15) is 9.59 Å². The predicted octanol–water partition coefficient (Wildman–Crippen LogP) is 7.86. The van der Waals surface area contributed by atoms with Gasteiger partial charge in [-0.2, -0.15) is 0 Å². The highest BCUT2D eigenvalue weighted by atomic mass is 16.7. The summed E-state index contributed by atoms with van der Waals surface area (Å²) in [5.74, 6) is 0.641. The predicted molar refractivity (Wildman–Crippen MR) is 179 cm³/mol. The highest BCUT2D eigenvalue weighted by Gasteiger charge is 2.24. The number of carbonyl (C=O) groups is 1. The normalized spacial score (nSPS) is 15.2. The van der Waals surface area contributed by atoms with Crippen LogP contribution in [-0.4, -0.2) is 35.6 Å². The number of aryl methyl sites for hydroxylation is 1. The zero-order valence-corrected chi connectivity index (χ0v) is 26.9. The van der Waals surface area contributed by atoms with Crippen molar-refractivity contribution in [2.75, 3.05) is 24.4 Å². The van der Waals surface area contributed by atoms with Crippen LogP contribution >= 0.6 is 0 Å². The number of rotatable bonds is 10. The first-order valence-electron chi connectivity index (χ1n) is 15.8. The van der Waals surface area contributed by atoms with Crippen LogP contribution in [-0.2, 0) is 28.0 Å². The number of hydrogen-bond acceptors (Lipinski definition) is 6. The van der Waals surface area contributed by atoms with Gasteiger partial charge in [0.05, 0.1) is 13.7 Å². The van der Waals surface area contributed by atoms with Gasteiger partial charge in [-0.1, -0.05) is 58.4 Å². The lowest BCUT2D eigenvalue weighted by atomic mass is 9.85. The minimum Gasteiger partial charge on any atom is -0.497 e. The molecule has 9 nitrogen and oxygen atoms in total. The molecule has 1 saturated heterocycles. The minimum absolute atomic E-state index is 0.184. The van der Waals surface area contributed by atoms with Crippen LogP contribution in [0.1, 0.15) is 70.9 Å². The van der Waals surface area contributed by atoms with Crippen molar-refractivity contribution >= 4 is 28.4 Å². The fourth-order valence-electron chi connectivity index (χ4n) is 5.74. The topological polar surface area (TPSA) is 104 Å². The molecule has 45 heavy (non-hydrogen) atoms. The summed E-state index contributed by atoms with van der Waals surface area (Å²) in [7, 11) is 1.60. The van der Waals surface area contributed by atoms with Crippen molar-refractivity contribution in [2.45, 2.75) is 84.7 Å². The monoisotopic (exact) mass is 612 g/mol. The van der Waals surface area contributed by atoms with Gasteiger partial charge in [-0.05, 0) is 78.1 Å². The lowest BCUT2D eigenvalue weighted by Gasteiger charge is -2.25. The van der Waals surface area contributed by atoms with E-state index in [1.54, 1.807) is 17.9 Å². The van der Waals surface area contributed by atoms with E-state index in [0.717, 1.165) is 54.2 Å². The molecule has 4 aromatic rings. The van der Waals surface area contributed by atoms with E-state index < -0.39 is 6.03 Å². The van der Waals surface area contributed by atoms with Crippen LogP contribution in [0.15, 0.2) is 65.6 Å². The molecule has 0 bridgehead atoms. The van der Waals surface area contributed by atoms with Crippen LogP contribution < -0.4 is 20.9 Å². The Hall–Kier alpha value is -4.21. The second kappa shape index (κ2) is 14.3. The SMILES string of the molecule is CCCCn1c(=O)c(NC(=O)Nc2cc(COC3CCCCO3)ccc2C(C)(C)C)c(-c2cccc(OC)c2)c2cccnc21. The molecule has 9 heteroatoms. The molecule has 5 rings (SSSR count). The first kappa shape index (κ1) is 32.2. The Morgan fingerprint density at radius 3 is 2.67 bits per heavy atom.